The summed E-state index contributed by atoms with van der Waals surface area (Å²) < 4.78 is 33.7. The van der Waals surface area contributed by atoms with Crippen LogP contribution in [-0.2, 0) is 14.3 Å². The minimum Gasteiger partial charge on any atom is -0.490 e. The lowest BCUT2D eigenvalue weighted by Crippen LogP contribution is -2.46. The first-order valence-electron chi connectivity index (χ1n) is 13.0. The lowest BCUT2D eigenvalue weighted by atomic mass is 10.2. The Labute approximate surface area is 219 Å². The maximum Gasteiger partial charge on any atom is 0.219 e. The maximum absolute atomic E-state index is 11.4. The Morgan fingerprint density at radius 3 is 1.84 bits per heavy atom. The van der Waals surface area contributed by atoms with Crippen LogP contribution in [0.4, 0.5) is 0 Å². The summed E-state index contributed by atoms with van der Waals surface area (Å²) in [6.45, 7) is 12.0. The number of hydrogen-bond acceptors (Lipinski definition) is 8. The lowest BCUT2D eigenvalue weighted by Gasteiger charge is -2.32. The van der Waals surface area contributed by atoms with Crippen LogP contribution in [-0.4, -0.2) is 88.8 Å². The second-order valence-electron chi connectivity index (χ2n) is 8.54. The normalized spacial score (nSPS) is 19.3. The minimum absolute atomic E-state index is 0.0769. The van der Waals surface area contributed by atoms with Gasteiger partial charge in [-0.25, -0.2) is 0 Å². The number of morpholine rings is 2. The van der Waals surface area contributed by atoms with Crippen molar-refractivity contribution in [2.24, 2.45) is 0 Å². The molecule has 2 aliphatic rings. The Morgan fingerprint density at radius 2 is 1.35 bits per heavy atom. The van der Waals surface area contributed by atoms with Crippen LogP contribution < -0.4 is 24.3 Å². The Kier molecular flexibility index (Phi) is 12.3. The van der Waals surface area contributed by atoms with E-state index in [1.54, 1.807) is 11.8 Å². The SMILES string of the molecule is CCOc1ccccc1OCC1CN(C(C)=O)CCO1.CCOc1ccccc1OCC1CNCCO1. The molecule has 9 heteroatoms. The molecule has 0 spiro atoms. The van der Waals surface area contributed by atoms with Crippen molar-refractivity contribution in [2.45, 2.75) is 33.0 Å². The summed E-state index contributed by atoms with van der Waals surface area (Å²) in [4.78, 5) is 13.2. The fourth-order valence-corrected chi connectivity index (χ4v) is 3.89. The minimum atomic E-state index is -0.0951. The molecule has 204 valence electrons. The van der Waals surface area contributed by atoms with Crippen molar-refractivity contribution in [1.29, 1.82) is 0 Å². The van der Waals surface area contributed by atoms with Crippen LogP contribution in [0.3, 0.4) is 0 Å². The summed E-state index contributed by atoms with van der Waals surface area (Å²) in [6.07, 6.45) is 0.0285. The molecule has 2 heterocycles. The van der Waals surface area contributed by atoms with Crippen molar-refractivity contribution >= 4 is 5.91 Å². The first kappa shape index (κ1) is 28.6. The second kappa shape index (κ2) is 16.0. The molecule has 4 rings (SSSR count). The largest absolute Gasteiger partial charge is 0.490 e. The van der Waals surface area contributed by atoms with Crippen molar-refractivity contribution < 1.29 is 33.2 Å². The van der Waals surface area contributed by atoms with Crippen molar-refractivity contribution in [3.05, 3.63) is 48.5 Å². The smallest absolute Gasteiger partial charge is 0.219 e. The molecule has 2 aliphatic heterocycles. The van der Waals surface area contributed by atoms with Gasteiger partial charge in [0.15, 0.2) is 23.0 Å². The second-order valence-corrected chi connectivity index (χ2v) is 8.54. The number of amides is 1. The molecule has 2 saturated heterocycles. The topological polar surface area (TPSA) is 87.7 Å². The number of benzene rings is 2. The highest BCUT2D eigenvalue weighted by Gasteiger charge is 2.23. The standard InChI is InChI=1S/C15H21NO4.C13H19NO3/c1-3-18-14-6-4-5-7-15(14)20-11-13-10-16(12(2)17)8-9-19-13;1-2-15-12-5-3-4-6-13(12)17-10-11-9-14-7-8-16-11/h4-7,13H,3,8-11H2,1-2H3;3-6,11,14H,2,7-10H2,1H3. The summed E-state index contributed by atoms with van der Waals surface area (Å²) in [5, 5.41) is 3.27. The average Bonchev–Trinajstić information content (AvgIpc) is 2.93. The van der Waals surface area contributed by atoms with Gasteiger partial charge >= 0.3 is 0 Å². The quantitative estimate of drug-likeness (QED) is 0.515. The monoisotopic (exact) mass is 516 g/mol. The first-order valence-corrected chi connectivity index (χ1v) is 13.0. The molecule has 2 atom stereocenters. The van der Waals surface area contributed by atoms with E-state index in [-0.39, 0.29) is 18.1 Å². The van der Waals surface area contributed by atoms with Gasteiger partial charge in [0.05, 0.1) is 33.0 Å². The van der Waals surface area contributed by atoms with Gasteiger partial charge in [0.25, 0.3) is 0 Å². The molecule has 2 unspecified atom stereocenters. The molecule has 0 radical (unpaired) electrons. The van der Waals surface area contributed by atoms with E-state index in [9.17, 15) is 4.79 Å². The third-order valence-electron chi connectivity index (χ3n) is 5.74. The number of nitrogens with zero attached hydrogens (tertiary/aromatic N) is 1. The molecule has 1 N–H and O–H groups in total. The Bertz CT molecular complexity index is 936. The van der Waals surface area contributed by atoms with E-state index in [0.717, 1.165) is 36.9 Å². The number of nitrogens with one attached hydrogen (secondary N) is 1. The van der Waals surface area contributed by atoms with Crippen molar-refractivity contribution in [2.75, 3.05) is 65.8 Å². The van der Waals surface area contributed by atoms with Crippen molar-refractivity contribution in [1.82, 2.24) is 10.2 Å². The van der Waals surface area contributed by atoms with Crippen LogP contribution in [0.2, 0.25) is 0 Å². The van der Waals surface area contributed by atoms with Gasteiger partial charge in [-0.3, -0.25) is 4.79 Å². The number of rotatable bonds is 10. The summed E-state index contributed by atoms with van der Waals surface area (Å²) in [5.41, 5.74) is 0. The van der Waals surface area contributed by atoms with Gasteiger partial charge in [0.1, 0.15) is 25.4 Å². The lowest BCUT2D eigenvalue weighted by molar-refractivity contribution is -0.137. The Morgan fingerprint density at radius 1 is 0.838 bits per heavy atom. The summed E-state index contributed by atoms with van der Waals surface area (Å²) in [7, 11) is 0. The van der Waals surface area contributed by atoms with Crippen molar-refractivity contribution in [3.63, 3.8) is 0 Å². The molecule has 2 aromatic rings. The molecule has 0 bridgehead atoms. The van der Waals surface area contributed by atoms with Gasteiger partial charge in [0, 0.05) is 26.6 Å². The summed E-state index contributed by atoms with van der Waals surface area (Å²) in [6, 6.07) is 15.3. The number of ether oxygens (including phenoxy) is 6. The van der Waals surface area contributed by atoms with Crippen LogP contribution >= 0.6 is 0 Å². The van der Waals surface area contributed by atoms with Crippen LogP contribution in [0.5, 0.6) is 23.0 Å². The number of hydrogen-bond donors (Lipinski definition) is 1. The molecule has 2 fully saturated rings. The highest BCUT2D eigenvalue weighted by Crippen LogP contribution is 2.27. The van der Waals surface area contributed by atoms with E-state index in [4.69, 9.17) is 28.4 Å². The first-order chi connectivity index (χ1) is 18.1. The average molecular weight is 517 g/mol. The zero-order valence-corrected chi connectivity index (χ0v) is 22.1. The number of carbonyl (C=O) groups excluding carboxylic acids is 1. The molecular formula is C28H40N2O7. The molecule has 2 aromatic carbocycles. The van der Waals surface area contributed by atoms with Crippen LogP contribution in [0, 0.1) is 0 Å². The molecule has 0 saturated carbocycles. The third-order valence-corrected chi connectivity index (χ3v) is 5.74. The van der Waals surface area contributed by atoms with E-state index >= 15 is 0 Å². The van der Waals surface area contributed by atoms with Gasteiger partial charge in [-0.15, -0.1) is 0 Å². The Balaban J connectivity index is 0.000000208. The highest BCUT2D eigenvalue weighted by atomic mass is 16.6. The molecular weight excluding hydrogens is 476 g/mol. The molecule has 1 amide bonds. The van der Waals surface area contributed by atoms with Gasteiger partial charge in [-0.05, 0) is 38.1 Å². The highest BCUT2D eigenvalue weighted by molar-refractivity contribution is 5.73. The summed E-state index contributed by atoms with van der Waals surface area (Å²) >= 11 is 0. The predicted molar refractivity (Wildman–Crippen MR) is 141 cm³/mol. The fourth-order valence-electron chi connectivity index (χ4n) is 3.89. The molecule has 0 aromatic heterocycles. The maximum atomic E-state index is 11.4. The van der Waals surface area contributed by atoms with E-state index in [1.807, 2.05) is 62.4 Å². The van der Waals surface area contributed by atoms with E-state index < -0.39 is 0 Å². The van der Waals surface area contributed by atoms with Crippen LogP contribution in [0.15, 0.2) is 48.5 Å². The van der Waals surface area contributed by atoms with Gasteiger partial charge in [0.2, 0.25) is 5.91 Å². The zero-order chi connectivity index (χ0) is 26.3. The van der Waals surface area contributed by atoms with E-state index in [1.165, 1.54) is 0 Å². The van der Waals surface area contributed by atoms with Gasteiger partial charge in [-0.2, -0.15) is 0 Å². The van der Waals surface area contributed by atoms with Crippen LogP contribution in [0.1, 0.15) is 20.8 Å². The number of carbonyl (C=O) groups is 1. The number of para-hydroxylation sites is 4. The van der Waals surface area contributed by atoms with Gasteiger partial charge in [-0.1, -0.05) is 24.3 Å². The third kappa shape index (κ3) is 9.76. The van der Waals surface area contributed by atoms with E-state index in [2.05, 4.69) is 5.32 Å². The van der Waals surface area contributed by atoms with E-state index in [0.29, 0.717) is 51.9 Å². The molecule has 9 nitrogen and oxygen atoms in total. The molecule has 0 aliphatic carbocycles. The fraction of sp³-hybridized carbons (Fsp3) is 0.536. The Hall–Kier alpha value is -3.01. The predicted octanol–water partition coefficient (Wildman–Crippen LogP) is 3.16. The summed E-state index contributed by atoms with van der Waals surface area (Å²) in [5.74, 6) is 3.09. The van der Waals surface area contributed by atoms with Gasteiger partial charge < -0.3 is 38.6 Å². The zero-order valence-electron chi connectivity index (χ0n) is 22.1. The van der Waals surface area contributed by atoms with Crippen molar-refractivity contribution in [3.8, 4) is 23.0 Å². The molecule has 37 heavy (non-hydrogen) atoms. The van der Waals surface area contributed by atoms with Crippen LogP contribution in [0.25, 0.3) is 0 Å².